The van der Waals surface area contributed by atoms with Gasteiger partial charge in [0.25, 0.3) is 0 Å². The molecule has 1 unspecified atom stereocenters. The fraction of sp³-hybridized carbons (Fsp3) is 0.556. The molecule has 1 fully saturated rings. The Bertz CT molecular complexity index is 628. The lowest BCUT2D eigenvalue weighted by atomic mass is 10.1. The van der Waals surface area contributed by atoms with Gasteiger partial charge in [0, 0.05) is 31.8 Å². The van der Waals surface area contributed by atoms with Gasteiger partial charge in [-0.25, -0.2) is 13.8 Å². The lowest BCUT2D eigenvalue weighted by Gasteiger charge is -2.22. The third kappa shape index (κ3) is 5.69. The van der Waals surface area contributed by atoms with Crippen molar-refractivity contribution in [1.29, 1.82) is 0 Å². The zero-order valence-electron chi connectivity index (χ0n) is 15.0. The van der Waals surface area contributed by atoms with Gasteiger partial charge in [0.1, 0.15) is 18.2 Å². The fourth-order valence-corrected chi connectivity index (χ4v) is 2.82. The molecule has 1 aromatic carbocycles. The summed E-state index contributed by atoms with van der Waals surface area (Å²) in [6.45, 7) is 1.78. The third-order valence-electron chi connectivity index (χ3n) is 4.35. The molecule has 7 heteroatoms. The van der Waals surface area contributed by atoms with Gasteiger partial charge in [-0.05, 0) is 25.8 Å². The van der Waals surface area contributed by atoms with Crippen molar-refractivity contribution >= 4 is 11.9 Å². The van der Waals surface area contributed by atoms with Crippen LogP contribution in [0.15, 0.2) is 23.2 Å². The number of hydrogen-bond acceptors (Lipinski definition) is 2. The Morgan fingerprint density at radius 2 is 2.00 bits per heavy atom. The van der Waals surface area contributed by atoms with Crippen LogP contribution in [0, 0.1) is 11.6 Å². The average Bonchev–Trinajstić information content (AvgIpc) is 3.04. The Balaban J connectivity index is 2.10. The molecule has 1 aromatic rings. The van der Waals surface area contributed by atoms with Crippen LogP contribution in [0.5, 0.6) is 0 Å². The molecule has 0 aliphatic heterocycles. The van der Waals surface area contributed by atoms with Crippen LogP contribution in [-0.2, 0) is 4.79 Å². The van der Waals surface area contributed by atoms with E-state index in [1.807, 2.05) is 0 Å². The molecule has 25 heavy (non-hydrogen) atoms. The second-order valence-electron chi connectivity index (χ2n) is 6.61. The quantitative estimate of drug-likeness (QED) is 0.633. The summed E-state index contributed by atoms with van der Waals surface area (Å²) >= 11 is 0. The SMILES string of the molecule is CC(NC(=NCC(=O)N(C)C)NC1CCCC1)c1ccc(F)cc1F. The molecule has 1 atom stereocenters. The molecule has 0 radical (unpaired) electrons. The number of carbonyl (C=O) groups excluding carboxylic acids is 1. The number of amides is 1. The minimum Gasteiger partial charge on any atom is -0.354 e. The number of hydrogen-bond donors (Lipinski definition) is 2. The number of benzene rings is 1. The summed E-state index contributed by atoms with van der Waals surface area (Å²) in [5, 5.41) is 6.43. The maximum absolute atomic E-state index is 14.0. The predicted molar refractivity (Wildman–Crippen MR) is 94.3 cm³/mol. The molecular weight excluding hydrogens is 326 g/mol. The largest absolute Gasteiger partial charge is 0.354 e. The zero-order valence-corrected chi connectivity index (χ0v) is 15.0. The van der Waals surface area contributed by atoms with Crippen LogP contribution in [0.3, 0.4) is 0 Å². The van der Waals surface area contributed by atoms with Crippen molar-refractivity contribution in [3.8, 4) is 0 Å². The topological polar surface area (TPSA) is 56.7 Å². The molecule has 0 heterocycles. The van der Waals surface area contributed by atoms with Crippen molar-refractivity contribution in [2.45, 2.75) is 44.7 Å². The Kier molecular flexibility index (Phi) is 6.73. The van der Waals surface area contributed by atoms with E-state index < -0.39 is 17.7 Å². The van der Waals surface area contributed by atoms with Crippen LogP contribution in [0.25, 0.3) is 0 Å². The van der Waals surface area contributed by atoms with Crippen molar-refractivity contribution in [2.24, 2.45) is 4.99 Å². The number of aliphatic imine (C=N–C) groups is 1. The van der Waals surface area contributed by atoms with E-state index in [1.165, 1.54) is 17.0 Å². The highest BCUT2D eigenvalue weighted by atomic mass is 19.1. The Morgan fingerprint density at radius 1 is 1.32 bits per heavy atom. The standard InChI is InChI=1S/C18H26F2N4O/c1-12(15-9-8-13(19)10-16(15)20)22-18(21-11-17(25)24(2)3)23-14-6-4-5-7-14/h8-10,12,14H,4-7,11H2,1-3H3,(H2,21,22,23). The average molecular weight is 352 g/mol. The summed E-state index contributed by atoms with van der Waals surface area (Å²) in [4.78, 5) is 17.6. The summed E-state index contributed by atoms with van der Waals surface area (Å²) in [7, 11) is 3.34. The monoisotopic (exact) mass is 352 g/mol. The smallest absolute Gasteiger partial charge is 0.243 e. The molecule has 1 saturated carbocycles. The van der Waals surface area contributed by atoms with Gasteiger partial charge in [-0.1, -0.05) is 18.9 Å². The molecule has 2 rings (SSSR count). The minimum atomic E-state index is -0.608. The number of guanidine groups is 1. The molecule has 1 aliphatic carbocycles. The third-order valence-corrected chi connectivity index (χ3v) is 4.35. The highest BCUT2D eigenvalue weighted by molar-refractivity contribution is 5.85. The molecule has 2 N–H and O–H groups in total. The fourth-order valence-electron chi connectivity index (χ4n) is 2.82. The Morgan fingerprint density at radius 3 is 2.60 bits per heavy atom. The lowest BCUT2D eigenvalue weighted by molar-refractivity contribution is -0.127. The first-order valence-electron chi connectivity index (χ1n) is 8.59. The van der Waals surface area contributed by atoms with Crippen LogP contribution in [-0.4, -0.2) is 43.4 Å². The summed E-state index contributed by atoms with van der Waals surface area (Å²) in [6, 6.07) is 3.40. The highest BCUT2D eigenvalue weighted by Crippen LogP contribution is 2.19. The van der Waals surface area contributed by atoms with Crippen LogP contribution >= 0.6 is 0 Å². The van der Waals surface area contributed by atoms with Crippen molar-refractivity contribution in [1.82, 2.24) is 15.5 Å². The van der Waals surface area contributed by atoms with Crippen molar-refractivity contribution in [3.63, 3.8) is 0 Å². The van der Waals surface area contributed by atoms with Gasteiger partial charge >= 0.3 is 0 Å². The summed E-state index contributed by atoms with van der Waals surface area (Å²) in [5.74, 6) is -0.862. The molecule has 5 nitrogen and oxygen atoms in total. The van der Waals surface area contributed by atoms with Gasteiger partial charge in [-0.15, -0.1) is 0 Å². The van der Waals surface area contributed by atoms with E-state index in [0.29, 0.717) is 17.6 Å². The zero-order chi connectivity index (χ0) is 18.4. The molecule has 0 bridgehead atoms. The molecular formula is C18H26F2N4O. The number of likely N-dealkylation sites (N-methyl/N-ethyl adjacent to an activating group) is 1. The highest BCUT2D eigenvalue weighted by Gasteiger charge is 2.19. The van der Waals surface area contributed by atoms with E-state index in [1.54, 1.807) is 21.0 Å². The summed E-state index contributed by atoms with van der Waals surface area (Å²) < 4.78 is 27.1. The summed E-state index contributed by atoms with van der Waals surface area (Å²) in [5.41, 5.74) is 0.348. The Hall–Kier alpha value is -2.18. The molecule has 0 saturated heterocycles. The number of rotatable bonds is 5. The Labute approximate surface area is 147 Å². The van der Waals surface area contributed by atoms with Crippen molar-refractivity contribution in [3.05, 3.63) is 35.4 Å². The van der Waals surface area contributed by atoms with Gasteiger partial charge in [0.2, 0.25) is 5.91 Å². The first-order valence-corrected chi connectivity index (χ1v) is 8.59. The van der Waals surface area contributed by atoms with Gasteiger partial charge in [0.15, 0.2) is 5.96 Å². The maximum Gasteiger partial charge on any atom is 0.243 e. The lowest BCUT2D eigenvalue weighted by Crippen LogP contribution is -2.44. The van der Waals surface area contributed by atoms with Crippen LogP contribution in [0.2, 0.25) is 0 Å². The van der Waals surface area contributed by atoms with E-state index in [2.05, 4.69) is 15.6 Å². The molecule has 138 valence electrons. The van der Waals surface area contributed by atoms with Crippen molar-refractivity contribution in [2.75, 3.05) is 20.6 Å². The van der Waals surface area contributed by atoms with Gasteiger partial charge in [0.05, 0.1) is 6.04 Å². The van der Waals surface area contributed by atoms with Crippen LogP contribution in [0.4, 0.5) is 8.78 Å². The number of halogens is 2. The van der Waals surface area contributed by atoms with E-state index >= 15 is 0 Å². The summed E-state index contributed by atoms with van der Waals surface area (Å²) in [6.07, 6.45) is 4.40. The minimum absolute atomic E-state index is 0.00761. The first-order chi connectivity index (χ1) is 11.9. The van der Waals surface area contributed by atoms with Crippen LogP contribution in [0.1, 0.15) is 44.2 Å². The second-order valence-corrected chi connectivity index (χ2v) is 6.61. The number of carbonyl (C=O) groups is 1. The van der Waals surface area contributed by atoms with E-state index in [-0.39, 0.29) is 12.5 Å². The molecule has 0 aromatic heterocycles. The molecule has 0 spiro atoms. The number of nitrogens with zero attached hydrogens (tertiary/aromatic N) is 2. The van der Waals surface area contributed by atoms with Crippen molar-refractivity contribution < 1.29 is 13.6 Å². The second kappa shape index (κ2) is 8.78. The predicted octanol–water partition coefficient (Wildman–Crippen LogP) is 2.59. The van der Waals surface area contributed by atoms with E-state index in [0.717, 1.165) is 31.7 Å². The van der Waals surface area contributed by atoms with Crippen LogP contribution < -0.4 is 10.6 Å². The molecule has 1 aliphatic rings. The van der Waals surface area contributed by atoms with Gasteiger partial charge in [-0.2, -0.15) is 0 Å². The molecule has 1 amide bonds. The maximum atomic E-state index is 14.0. The first kappa shape index (κ1) is 19.1. The van der Waals surface area contributed by atoms with E-state index in [4.69, 9.17) is 0 Å². The van der Waals surface area contributed by atoms with Gasteiger partial charge in [-0.3, -0.25) is 4.79 Å². The van der Waals surface area contributed by atoms with Gasteiger partial charge < -0.3 is 15.5 Å². The number of nitrogens with one attached hydrogen (secondary N) is 2. The van der Waals surface area contributed by atoms with E-state index in [9.17, 15) is 13.6 Å². The normalized spacial score (nSPS) is 16.6.